The van der Waals surface area contributed by atoms with Crippen molar-refractivity contribution in [2.75, 3.05) is 0 Å². The van der Waals surface area contributed by atoms with Crippen molar-refractivity contribution in [1.82, 2.24) is 9.97 Å². The summed E-state index contributed by atoms with van der Waals surface area (Å²) < 4.78 is 6.59. The van der Waals surface area contributed by atoms with E-state index in [2.05, 4.69) is 134 Å². The molecule has 0 fully saturated rings. The fourth-order valence-corrected chi connectivity index (χ4v) is 6.20. The highest BCUT2D eigenvalue weighted by Gasteiger charge is 2.22. The molecule has 3 aromatic carbocycles. The lowest BCUT2D eigenvalue weighted by atomic mass is 9.84. The van der Waals surface area contributed by atoms with Crippen molar-refractivity contribution in [3.05, 3.63) is 107 Å². The number of aromatic nitrogens is 2. The largest absolute Gasteiger partial charge is 0.437 e. The third kappa shape index (κ3) is 5.61. The fraction of sp³-hybridized carbons (Fsp3) is 0.300. The molecule has 0 radical (unpaired) electrons. The van der Waals surface area contributed by atoms with E-state index in [4.69, 9.17) is 14.4 Å². The molecule has 0 atom stereocenters. The van der Waals surface area contributed by atoms with E-state index in [1.807, 2.05) is 6.20 Å². The molecule has 0 amide bonds. The third-order valence-corrected chi connectivity index (χ3v) is 8.39. The molecule has 3 nitrogen and oxygen atoms in total. The molecule has 3 aromatic heterocycles. The summed E-state index contributed by atoms with van der Waals surface area (Å²) in [6, 6.07) is 28.2. The number of hydrogen-bond donors (Lipinski definition) is 0. The first-order valence-electron chi connectivity index (χ1n) is 15.5. The third-order valence-electron chi connectivity index (χ3n) is 8.39. The lowest BCUT2D eigenvalue weighted by Crippen LogP contribution is -2.10. The molecule has 0 bridgehead atoms. The Morgan fingerprint density at radius 3 is 2.05 bits per heavy atom. The van der Waals surface area contributed by atoms with Gasteiger partial charge in [-0.3, -0.25) is 4.98 Å². The van der Waals surface area contributed by atoms with Gasteiger partial charge in [0.25, 0.3) is 0 Å². The summed E-state index contributed by atoms with van der Waals surface area (Å²) in [4.78, 5) is 10.1. The maximum absolute atomic E-state index is 6.59. The summed E-state index contributed by atoms with van der Waals surface area (Å²) in [6.07, 6.45) is 3.03. The molecular weight excluding hydrogens is 524 g/mol. The van der Waals surface area contributed by atoms with Gasteiger partial charge in [-0.05, 0) is 88.2 Å². The molecule has 218 valence electrons. The molecule has 0 saturated heterocycles. The van der Waals surface area contributed by atoms with E-state index in [0.29, 0.717) is 17.5 Å². The quantitative estimate of drug-likeness (QED) is 0.201. The van der Waals surface area contributed by atoms with Gasteiger partial charge in [-0.15, -0.1) is 0 Å². The van der Waals surface area contributed by atoms with Crippen LogP contribution in [0.4, 0.5) is 0 Å². The molecule has 3 heterocycles. The molecule has 3 heteroatoms. The zero-order chi connectivity index (χ0) is 30.5. The highest BCUT2D eigenvalue weighted by atomic mass is 16.3. The zero-order valence-corrected chi connectivity index (χ0v) is 26.7. The van der Waals surface area contributed by atoms with Crippen molar-refractivity contribution in [3.8, 4) is 33.6 Å². The number of rotatable bonds is 6. The van der Waals surface area contributed by atoms with Crippen LogP contribution in [0.2, 0.25) is 0 Å². The number of hydrogen-bond acceptors (Lipinski definition) is 3. The number of furan rings is 1. The van der Waals surface area contributed by atoms with Crippen LogP contribution in [-0.4, -0.2) is 9.97 Å². The molecule has 0 unspecified atom stereocenters. The highest BCUT2D eigenvalue weighted by Crippen LogP contribution is 2.41. The zero-order valence-electron chi connectivity index (χ0n) is 26.7. The molecule has 6 aromatic rings. The Labute approximate surface area is 256 Å². The monoisotopic (exact) mass is 566 g/mol. The average molecular weight is 567 g/mol. The van der Waals surface area contributed by atoms with Crippen molar-refractivity contribution in [1.29, 1.82) is 0 Å². The molecule has 0 N–H and O–H groups in total. The number of benzene rings is 3. The van der Waals surface area contributed by atoms with E-state index in [9.17, 15) is 0 Å². The minimum absolute atomic E-state index is 0.211. The summed E-state index contributed by atoms with van der Waals surface area (Å²) in [5, 5.41) is 2.09. The minimum atomic E-state index is 0.211. The lowest BCUT2D eigenvalue weighted by molar-refractivity contribution is 0.410. The predicted molar refractivity (Wildman–Crippen MR) is 182 cm³/mol. The van der Waals surface area contributed by atoms with Crippen LogP contribution in [0.15, 0.2) is 89.5 Å². The van der Waals surface area contributed by atoms with Gasteiger partial charge >= 0.3 is 0 Å². The van der Waals surface area contributed by atoms with Crippen LogP contribution in [0.1, 0.15) is 82.6 Å². The highest BCUT2D eigenvalue weighted by molar-refractivity contribution is 6.08. The number of aryl methyl sites for hydroxylation is 1. The maximum Gasteiger partial charge on any atom is 0.227 e. The summed E-state index contributed by atoms with van der Waals surface area (Å²) in [6.45, 7) is 18.1. The van der Waals surface area contributed by atoms with E-state index in [1.165, 1.54) is 38.9 Å². The van der Waals surface area contributed by atoms with Gasteiger partial charge in [-0.25, -0.2) is 4.98 Å². The lowest BCUT2D eigenvalue weighted by Gasteiger charge is -2.21. The predicted octanol–water partition coefficient (Wildman–Crippen LogP) is 11.5. The van der Waals surface area contributed by atoms with E-state index in [-0.39, 0.29) is 5.41 Å². The standard InChI is InChI=1S/C40H42N2O/c1-24(2)33-20-28(27-13-10-9-11-14-27)21-34(25(3)4)37(33)35-18-17-31-30-15-12-16-32(38(30)43-39(31)42-35)36-19-26(5)29(23-41-36)22-40(6,7)8/h9-21,23-25H,22H2,1-8H3. The van der Waals surface area contributed by atoms with Gasteiger partial charge in [0, 0.05) is 28.1 Å². The Balaban J connectivity index is 1.49. The van der Waals surface area contributed by atoms with Crippen LogP contribution >= 0.6 is 0 Å². The van der Waals surface area contributed by atoms with Crippen LogP contribution < -0.4 is 0 Å². The van der Waals surface area contributed by atoms with Gasteiger partial charge in [0.2, 0.25) is 5.71 Å². The number of nitrogens with zero attached hydrogens (tertiary/aromatic N) is 2. The molecule has 0 spiro atoms. The van der Waals surface area contributed by atoms with Crippen molar-refractivity contribution < 1.29 is 4.42 Å². The van der Waals surface area contributed by atoms with Crippen LogP contribution in [0.25, 0.3) is 55.7 Å². The second-order valence-corrected chi connectivity index (χ2v) is 13.8. The first kappa shape index (κ1) is 28.9. The van der Waals surface area contributed by atoms with Gasteiger partial charge in [-0.1, -0.05) is 103 Å². The summed E-state index contributed by atoms with van der Waals surface area (Å²) in [7, 11) is 0. The van der Waals surface area contributed by atoms with Crippen molar-refractivity contribution in [2.45, 2.75) is 73.6 Å². The smallest absolute Gasteiger partial charge is 0.227 e. The second-order valence-electron chi connectivity index (χ2n) is 13.8. The van der Waals surface area contributed by atoms with Crippen LogP contribution in [0, 0.1) is 12.3 Å². The second kappa shape index (κ2) is 11.1. The Morgan fingerprint density at radius 2 is 1.42 bits per heavy atom. The average Bonchev–Trinajstić information content (AvgIpc) is 3.35. The maximum atomic E-state index is 6.59. The van der Waals surface area contributed by atoms with E-state index in [0.717, 1.165) is 39.7 Å². The van der Waals surface area contributed by atoms with E-state index < -0.39 is 0 Å². The van der Waals surface area contributed by atoms with Crippen LogP contribution in [0.3, 0.4) is 0 Å². The minimum Gasteiger partial charge on any atom is -0.437 e. The number of pyridine rings is 2. The Morgan fingerprint density at radius 1 is 0.721 bits per heavy atom. The van der Waals surface area contributed by atoms with Crippen LogP contribution in [0.5, 0.6) is 0 Å². The van der Waals surface area contributed by atoms with Crippen LogP contribution in [-0.2, 0) is 6.42 Å². The van der Waals surface area contributed by atoms with E-state index in [1.54, 1.807) is 0 Å². The number of para-hydroxylation sites is 1. The van der Waals surface area contributed by atoms with Gasteiger partial charge in [0.15, 0.2) is 0 Å². The molecular formula is C40H42N2O. The molecule has 43 heavy (non-hydrogen) atoms. The van der Waals surface area contributed by atoms with E-state index >= 15 is 0 Å². The Hall–Kier alpha value is -4.24. The molecule has 0 aliphatic heterocycles. The number of fused-ring (bicyclic) bond motifs is 3. The molecule has 0 aliphatic carbocycles. The first-order valence-corrected chi connectivity index (χ1v) is 15.5. The molecule has 6 rings (SSSR count). The summed E-state index contributed by atoms with van der Waals surface area (Å²) in [5.74, 6) is 0.679. The summed E-state index contributed by atoms with van der Waals surface area (Å²) >= 11 is 0. The normalized spacial score (nSPS) is 12.2. The van der Waals surface area contributed by atoms with Gasteiger partial charge in [0.1, 0.15) is 5.58 Å². The first-order chi connectivity index (χ1) is 20.5. The van der Waals surface area contributed by atoms with Gasteiger partial charge in [0.05, 0.1) is 11.4 Å². The molecule has 0 saturated carbocycles. The molecule has 0 aliphatic rings. The Bertz CT molecular complexity index is 1910. The summed E-state index contributed by atoms with van der Waals surface area (Å²) in [5.41, 5.74) is 13.5. The van der Waals surface area contributed by atoms with Gasteiger partial charge < -0.3 is 4.42 Å². The topological polar surface area (TPSA) is 38.9 Å². The SMILES string of the molecule is Cc1cc(-c2cccc3c2oc2nc(-c4c(C(C)C)cc(-c5ccccc5)cc4C(C)C)ccc23)ncc1CC(C)(C)C. The Kier molecular flexibility index (Phi) is 7.46. The fourth-order valence-electron chi connectivity index (χ4n) is 6.20. The van der Waals surface area contributed by atoms with Crippen molar-refractivity contribution in [2.24, 2.45) is 5.41 Å². The van der Waals surface area contributed by atoms with Crippen molar-refractivity contribution >= 4 is 22.1 Å². The van der Waals surface area contributed by atoms with Gasteiger partial charge in [-0.2, -0.15) is 0 Å². The van der Waals surface area contributed by atoms with Crippen molar-refractivity contribution in [3.63, 3.8) is 0 Å².